The number of unbranched alkanes of at least 4 members (excludes halogenated alkanes) is 81. The fourth-order valence-electron chi connectivity index (χ4n) is 17.4. The zero-order valence-corrected chi connectivity index (χ0v) is 77.6. The second-order valence-electron chi connectivity index (χ2n) is 35.7. The molecule has 2 nitrogen and oxygen atoms in total. The summed E-state index contributed by atoms with van der Waals surface area (Å²) >= 11 is 0. The van der Waals surface area contributed by atoms with E-state index in [1.54, 1.807) is 0 Å². The molecule has 0 N–H and O–H groups in total. The third-order valence-electron chi connectivity index (χ3n) is 24.9. The fraction of sp³-hybridized carbons (Fsp3) is 1.00. The van der Waals surface area contributed by atoms with Crippen LogP contribution < -0.4 is 24.0 Å². The van der Waals surface area contributed by atoms with E-state index in [4.69, 9.17) is 0 Å². The zero-order chi connectivity index (χ0) is 75.3. The summed E-state index contributed by atoms with van der Waals surface area (Å²) < 4.78 is 1.49. The van der Waals surface area contributed by atoms with Gasteiger partial charge in [-0.3, -0.25) is 0 Å². The summed E-state index contributed by atoms with van der Waals surface area (Å²) in [6, 6.07) is 0. The highest BCUT2D eigenvalue weighted by molar-refractivity contribution is 4.63. The number of halogens is 1. The van der Waals surface area contributed by atoms with E-state index >= 15 is 0 Å². The smallest absolute Gasteiger partial charge is 0.0786 e. The average Bonchev–Trinajstić information content (AvgIpc) is 0.874. The molecule has 0 aliphatic rings. The minimum absolute atomic E-state index is 0. The second kappa shape index (κ2) is 103. The molecule has 0 aromatic carbocycles. The monoisotopic (exact) mass is 1590 g/mol. The van der Waals surface area contributed by atoms with Gasteiger partial charge in [0.1, 0.15) is 0 Å². The Bertz CT molecular complexity index is 1230. The Kier molecular flexibility index (Phi) is 107. The van der Waals surface area contributed by atoms with Gasteiger partial charge in [-0.2, -0.15) is 0 Å². The molecule has 0 amide bonds. The Morgan fingerprint density at radius 2 is 0.200 bits per heavy atom. The van der Waals surface area contributed by atoms with Crippen LogP contribution in [0, 0.1) is 0 Å². The van der Waals surface area contributed by atoms with Crippen LogP contribution in [0.25, 0.3) is 0 Å². The van der Waals surface area contributed by atoms with Gasteiger partial charge in [0.2, 0.25) is 0 Å². The van der Waals surface area contributed by atoms with Gasteiger partial charge in [-0.05, 0) is 90.3 Å². The average molecular weight is 1590 g/mol. The molecule has 0 saturated carbocycles. The number of nitrogens with zero attached hydrogens (tertiary/aromatic N) is 2. The van der Waals surface area contributed by atoms with Crippen LogP contribution in [0.5, 0.6) is 0 Å². The van der Waals surface area contributed by atoms with Crippen molar-refractivity contribution in [2.75, 3.05) is 45.8 Å². The first kappa shape index (κ1) is 110. The van der Waals surface area contributed by atoms with E-state index in [1.807, 2.05) is 0 Å². The molecule has 0 aliphatic heterocycles. The normalized spacial score (nSPS) is 11.8. The van der Waals surface area contributed by atoms with Crippen molar-refractivity contribution in [1.29, 1.82) is 0 Å². The van der Waals surface area contributed by atoms with Crippen LogP contribution in [0.3, 0.4) is 0 Å². The molecule has 3 heteroatoms. The van der Waals surface area contributed by atoms with Gasteiger partial charge in [-0.1, -0.05) is 543 Å². The molecule has 0 unspecified atom stereocenters. The quantitative estimate of drug-likeness (QED) is 0.0333. The lowest BCUT2D eigenvalue weighted by molar-refractivity contribution is -0.929. The van der Waals surface area contributed by atoms with Gasteiger partial charge < -0.3 is 33.4 Å². The van der Waals surface area contributed by atoms with Crippen molar-refractivity contribution in [3.8, 4) is 0 Å². The lowest BCUT2D eigenvalue weighted by Crippen LogP contribution is -3.00. The molecule has 0 radical (unpaired) electrons. The Balaban J connectivity index is -0.00000198. The molecular formula is C102H211IN2. The summed E-state index contributed by atoms with van der Waals surface area (Å²) in [5.41, 5.74) is 0. The molecular weight excluding hydrogens is 1380 g/mol. The van der Waals surface area contributed by atoms with Crippen LogP contribution in [-0.2, 0) is 0 Å². The van der Waals surface area contributed by atoms with Gasteiger partial charge in [-0.25, -0.2) is 0 Å². The minimum atomic E-state index is 0. The van der Waals surface area contributed by atoms with Crippen molar-refractivity contribution >= 4 is 0 Å². The van der Waals surface area contributed by atoms with E-state index < -0.39 is 0 Å². The van der Waals surface area contributed by atoms with E-state index in [9.17, 15) is 0 Å². The second-order valence-corrected chi connectivity index (χ2v) is 35.7. The number of hydrogen-bond acceptors (Lipinski definition) is 1. The number of quaternary nitrogens is 1. The highest BCUT2D eigenvalue weighted by atomic mass is 127. The predicted molar refractivity (Wildman–Crippen MR) is 482 cm³/mol. The summed E-state index contributed by atoms with van der Waals surface area (Å²) in [4.78, 5) is 2.89. The topological polar surface area (TPSA) is 3.24 Å². The molecule has 0 aromatic rings. The van der Waals surface area contributed by atoms with Gasteiger partial charge in [0.25, 0.3) is 0 Å². The number of rotatable bonds is 95. The van der Waals surface area contributed by atoms with E-state index in [1.165, 1.54) is 615 Å². The third kappa shape index (κ3) is 96.9. The molecule has 105 heavy (non-hydrogen) atoms. The molecule has 0 bridgehead atoms. The molecule has 0 spiro atoms. The maximum atomic E-state index is 2.89. The first-order valence-corrected chi connectivity index (χ1v) is 51.2. The Morgan fingerprint density at radius 1 is 0.114 bits per heavy atom. The fourth-order valence-corrected chi connectivity index (χ4v) is 17.4. The molecule has 0 saturated heterocycles. The van der Waals surface area contributed by atoms with Crippen molar-refractivity contribution in [3.05, 3.63) is 0 Å². The first-order chi connectivity index (χ1) is 51.6. The molecule has 0 aromatic heterocycles. The van der Waals surface area contributed by atoms with Crippen LogP contribution in [-0.4, -0.2) is 55.2 Å². The van der Waals surface area contributed by atoms with Crippen molar-refractivity contribution < 1.29 is 28.5 Å². The van der Waals surface area contributed by atoms with Crippen LogP contribution in [0.1, 0.15) is 613 Å². The first-order valence-electron chi connectivity index (χ1n) is 51.2. The van der Waals surface area contributed by atoms with Crippen molar-refractivity contribution in [2.45, 2.75) is 613 Å². The SMILES string of the molecule is CCCCCCCCCCCCCCCCCCN(CCCCCCCCCCCCCCCCCC)CCCCCCCCCCCCCCCCCC.CCCCCCCCCCCC[N+](CCCCCCCCCCCC)(CCCCCCCCCCCC)CCCCCCCCCCCC.[I-]. The van der Waals surface area contributed by atoms with Gasteiger partial charge in [0.05, 0.1) is 26.2 Å². The van der Waals surface area contributed by atoms with E-state index in [0.29, 0.717) is 0 Å². The van der Waals surface area contributed by atoms with Crippen molar-refractivity contribution in [3.63, 3.8) is 0 Å². The summed E-state index contributed by atoms with van der Waals surface area (Å²) in [5, 5.41) is 0. The molecule has 0 atom stereocenters. The summed E-state index contributed by atoms with van der Waals surface area (Å²) in [7, 11) is 0. The minimum Gasteiger partial charge on any atom is -1.00 e. The van der Waals surface area contributed by atoms with Gasteiger partial charge in [0.15, 0.2) is 0 Å². The Labute approximate surface area is 687 Å². The van der Waals surface area contributed by atoms with Gasteiger partial charge in [-0.15, -0.1) is 0 Å². The lowest BCUT2D eigenvalue weighted by atomic mass is 10.0. The maximum absolute atomic E-state index is 2.89. The van der Waals surface area contributed by atoms with Crippen LogP contribution >= 0.6 is 0 Å². The summed E-state index contributed by atoms with van der Waals surface area (Å²) in [5.74, 6) is 0. The molecule has 0 rings (SSSR count). The van der Waals surface area contributed by atoms with E-state index in [2.05, 4.69) is 53.4 Å². The number of hydrogen-bond donors (Lipinski definition) is 0. The third-order valence-corrected chi connectivity index (χ3v) is 24.9. The predicted octanol–water partition coefficient (Wildman–Crippen LogP) is 34.6. The molecule has 0 fully saturated rings. The standard InChI is InChI=1S/C54H111N.C48H100N.HI/c1-4-7-10-13-16-19-22-25-28-31-34-37-40-43-46-49-52-55(53-50-47-44-41-38-35-32-29-26-23-20-17-14-11-8-5-2)54-51-48-45-42-39-36-33-30-27-24-21-18-15-12-9-6-3;1-5-9-13-17-21-25-29-33-37-41-45-49(46-42-38-34-30-26-22-18-14-10-6-2,47-43-39-35-31-27-23-19-15-11-7-3)48-44-40-36-32-28-24-20-16-12-8-4;/h4-54H2,1-3H3;5-48H2,1-4H3;1H/q;+1;/p-1. The lowest BCUT2D eigenvalue weighted by Gasteiger charge is -2.40. The van der Waals surface area contributed by atoms with Gasteiger partial charge >= 0.3 is 0 Å². The Hall–Kier alpha value is 0.650. The van der Waals surface area contributed by atoms with Crippen LogP contribution in [0.15, 0.2) is 0 Å². The maximum Gasteiger partial charge on any atom is 0.0786 e. The van der Waals surface area contributed by atoms with Crippen molar-refractivity contribution in [2.24, 2.45) is 0 Å². The molecule has 636 valence electrons. The zero-order valence-electron chi connectivity index (χ0n) is 75.4. The van der Waals surface area contributed by atoms with E-state index in [-0.39, 0.29) is 24.0 Å². The highest BCUT2D eigenvalue weighted by Gasteiger charge is 2.26. The van der Waals surface area contributed by atoms with Crippen molar-refractivity contribution in [1.82, 2.24) is 4.90 Å². The molecule has 0 heterocycles. The Morgan fingerprint density at radius 3 is 0.305 bits per heavy atom. The highest BCUT2D eigenvalue weighted by Crippen LogP contribution is 2.24. The molecule has 0 aliphatic carbocycles. The van der Waals surface area contributed by atoms with Gasteiger partial charge in [0, 0.05) is 0 Å². The summed E-state index contributed by atoms with van der Waals surface area (Å²) in [6.45, 7) is 26.4. The van der Waals surface area contributed by atoms with Crippen LogP contribution in [0.2, 0.25) is 0 Å². The largest absolute Gasteiger partial charge is 1.00 e. The van der Waals surface area contributed by atoms with Crippen LogP contribution in [0.4, 0.5) is 0 Å². The summed E-state index contributed by atoms with van der Waals surface area (Å²) in [6.07, 6.45) is 129. The van der Waals surface area contributed by atoms with E-state index in [0.717, 1.165) is 0 Å².